The van der Waals surface area contributed by atoms with Gasteiger partial charge in [0.05, 0.1) is 6.21 Å². The van der Waals surface area contributed by atoms with Gasteiger partial charge in [0, 0.05) is 28.4 Å². The number of anilines is 1. The number of para-hydroxylation sites is 1. The summed E-state index contributed by atoms with van der Waals surface area (Å²) in [5.74, 6) is -0.0792. The molecule has 8 heteroatoms. The van der Waals surface area contributed by atoms with Crippen molar-refractivity contribution in [1.29, 1.82) is 0 Å². The van der Waals surface area contributed by atoms with Crippen molar-refractivity contribution in [2.75, 3.05) is 5.43 Å². The van der Waals surface area contributed by atoms with Gasteiger partial charge in [0.1, 0.15) is 0 Å². The summed E-state index contributed by atoms with van der Waals surface area (Å²) in [5, 5.41) is 12.1. The molecule has 0 atom stereocenters. The predicted molar refractivity (Wildman–Crippen MR) is 102 cm³/mol. The Kier molecular flexibility index (Phi) is 3.85. The third-order valence-corrected chi connectivity index (χ3v) is 4.21. The normalized spacial score (nSPS) is 11.6. The van der Waals surface area contributed by atoms with Gasteiger partial charge in [-0.1, -0.05) is 24.3 Å². The summed E-state index contributed by atoms with van der Waals surface area (Å²) in [6, 6.07) is 14.4. The molecular formula is C18H16N6O2. The van der Waals surface area contributed by atoms with Crippen LogP contribution >= 0.6 is 0 Å². The predicted octanol–water partition coefficient (Wildman–Crippen LogP) is 2.03. The van der Waals surface area contributed by atoms with Crippen molar-refractivity contribution >= 4 is 33.8 Å². The lowest BCUT2D eigenvalue weighted by Crippen LogP contribution is -2.25. The summed E-state index contributed by atoms with van der Waals surface area (Å²) >= 11 is 0. The van der Waals surface area contributed by atoms with E-state index in [4.69, 9.17) is 0 Å². The maximum absolute atomic E-state index is 11.6. The van der Waals surface area contributed by atoms with Crippen LogP contribution in [-0.4, -0.2) is 26.0 Å². The van der Waals surface area contributed by atoms with Crippen LogP contribution in [-0.2, 0) is 6.54 Å². The average molecular weight is 348 g/mol. The molecule has 0 aliphatic rings. The zero-order valence-electron chi connectivity index (χ0n) is 14.0. The third-order valence-electron chi connectivity index (χ3n) is 4.21. The highest BCUT2D eigenvalue weighted by molar-refractivity contribution is 6.09. The second-order valence-electron chi connectivity index (χ2n) is 5.76. The highest BCUT2D eigenvalue weighted by Gasteiger charge is 2.09. The summed E-state index contributed by atoms with van der Waals surface area (Å²) in [4.78, 5) is 24.6. The van der Waals surface area contributed by atoms with E-state index < -0.39 is 11.2 Å². The van der Waals surface area contributed by atoms with Crippen LogP contribution in [0.15, 0.2) is 57.2 Å². The summed E-state index contributed by atoms with van der Waals surface area (Å²) < 4.78 is 2.27. The van der Waals surface area contributed by atoms with Gasteiger partial charge in [-0.2, -0.15) is 5.10 Å². The van der Waals surface area contributed by atoms with Crippen LogP contribution in [0.1, 0.15) is 12.5 Å². The van der Waals surface area contributed by atoms with Gasteiger partial charge in [0.15, 0.2) is 0 Å². The quantitative estimate of drug-likeness (QED) is 0.387. The van der Waals surface area contributed by atoms with Gasteiger partial charge in [-0.3, -0.25) is 15.2 Å². The van der Waals surface area contributed by atoms with Crippen LogP contribution in [0.2, 0.25) is 0 Å². The van der Waals surface area contributed by atoms with E-state index in [1.54, 1.807) is 6.21 Å². The minimum Gasteiger partial charge on any atom is -0.341 e. The molecule has 0 bridgehead atoms. The first kappa shape index (κ1) is 15.8. The standard InChI is InChI=1S/C18H16N6O2/c1-2-24-14-6-4-3-5-12(14)13-9-11(7-8-15(13)24)10-19-21-16-17(25)20-18(26)23-22-16/h3-10H,2H2,1H3,(H,21,22)(H2,20,23,25,26)/b19-10-. The molecule has 0 unspecified atom stereocenters. The number of aromatic amines is 2. The lowest BCUT2D eigenvalue weighted by Gasteiger charge is -2.02. The number of fused-ring (bicyclic) bond motifs is 3. The third kappa shape index (κ3) is 2.67. The van der Waals surface area contributed by atoms with E-state index in [1.807, 2.05) is 18.2 Å². The molecule has 3 N–H and O–H groups in total. The van der Waals surface area contributed by atoms with Crippen molar-refractivity contribution < 1.29 is 0 Å². The van der Waals surface area contributed by atoms with Crippen molar-refractivity contribution in [3.05, 3.63) is 68.9 Å². The van der Waals surface area contributed by atoms with Gasteiger partial charge < -0.3 is 4.57 Å². The molecule has 0 radical (unpaired) electrons. The van der Waals surface area contributed by atoms with Crippen molar-refractivity contribution in [2.45, 2.75) is 13.5 Å². The van der Waals surface area contributed by atoms with Gasteiger partial charge in [-0.05, 0) is 30.7 Å². The van der Waals surface area contributed by atoms with E-state index in [0.29, 0.717) is 0 Å². The second-order valence-corrected chi connectivity index (χ2v) is 5.76. The monoisotopic (exact) mass is 348 g/mol. The Morgan fingerprint density at radius 1 is 1.15 bits per heavy atom. The van der Waals surface area contributed by atoms with Crippen LogP contribution in [0.3, 0.4) is 0 Å². The van der Waals surface area contributed by atoms with E-state index in [0.717, 1.165) is 23.0 Å². The fourth-order valence-electron chi connectivity index (χ4n) is 3.08. The SMILES string of the molecule is CCn1c2ccccc2c2cc(/C=N\Nc3n[nH]c(=O)[nH]c3=O)ccc21. The zero-order chi connectivity index (χ0) is 18.1. The van der Waals surface area contributed by atoms with E-state index in [-0.39, 0.29) is 5.82 Å². The number of H-pyrrole nitrogens is 2. The van der Waals surface area contributed by atoms with Crippen LogP contribution in [0.25, 0.3) is 21.8 Å². The number of hydrogen-bond donors (Lipinski definition) is 3. The lowest BCUT2D eigenvalue weighted by molar-refractivity contribution is 0.827. The number of benzene rings is 2. The number of rotatable bonds is 4. The molecule has 4 aromatic rings. The number of hydrogen-bond acceptors (Lipinski definition) is 5. The minimum absolute atomic E-state index is 0.0792. The van der Waals surface area contributed by atoms with Crippen LogP contribution in [0, 0.1) is 0 Å². The summed E-state index contributed by atoms with van der Waals surface area (Å²) in [7, 11) is 0. The largest absolute Gasteiger partial charge is 0.342 e. The molecule has 2 aromatic heterocycles. The highest BCUT2D eigenvalue weighted by Crippen LogP contribution is 2.29. The average Bonchev–Trinajstić information content (AvgIpc) is 2.97. The minimum atomic E-state index is -0.665. The zero-order valence-corrected chi connectivity index (χ0v) is 14.0. The fraction of sp³-hybridized carbons (Fsp3) is 0.111. The highest BCUT2D eigenvalue weighted by atomic mass is 16.2. The summed E-state index contributed by atoms with van der Waals surface area (Å²) in [6.45, 7) is 3.01. The number of nitrogens with zero attached hydrogens (tertiary/aromatic N) is 3. The van der Waals surface area contributed by atoms with Gasteiger partial charge in [0.25, 0.3) is 5.56 Å². The Hall–Kier alpha value is -3.68. The number of hydrazone groups is 1. The van der Waals surface area contributed by atoms with Crippen molar-refractivity contribution in [2.24, 2.45) is 5.10 Å². The smallest absolute Gasteiger partial charge is 0.341 e. The van der Waals surface area contributed by atoms with Gasteiger partial charge in [-0.15, -0.1) is 5.10 Å². The molecule has 0 fully saturated rings. The van der Waals surface area contributed by atoms with E-state index in [1.165, 1.54) is 10.9 Å². The fourth-order valence-corrected chi connectivity index (χ4v) is 3.08. The first-order chi connectivity index (χ1) is 12.7. The van der Waals surface area contributed by atoms with E-state index in [2.05, 4.69) is 61.5 Å². The molecule has 0 saturated heterocycles. The van der Waals surface area contributed by atoms with Crippen LogP contribution in [0.5, 0.6) is 0 Å². The topological polar surface area (TPSA) is 108 Å². The molecule has 2 heterocycles. The Bertz CT molecular complexity index is 1250. The number of aryl methyl sites for hydroxylation is 1. The Labute approximate surface area is 147 Å². The first-order valence-corrected chi connectivity index (χ1v) is 8.16. The Morgan fingerprint density at radius 3 is 2.77 bits per heavy atom. The molecule has 0 aliphatic heterocycles. The molecule has 130 valence electrons. The number of nitrogens with one attached hydrogen (secondary N) is 3. The molecule has 26 heavy (non-hydrogen) atoms. The summed E-state index contributed by atoms with van der Waals surface area (Å²) in [6.07, 6.45) is 1.60. The van der Waals surface area contributed by atoms with Gasteiger partial charge in [0.2, 0.25) is 5.82 Å². The molecule has 0 amide bonds. The molecule has 4 rings (SSSR count). The van der Waals surface area contributed by atoms with Crippen LogP contribution in [0.4, 0.5) is 5.82 Å². The van der Waals surface area contributed by atoms with Crippen molar-refractivity contribution in [3.63, 3.8) is 0 Å². The molecule has 8 nitrogen and oxygen atoms in total. The molecule has 0 spiro atoms. The molecule has 0 aliphatic carbocycles. The molecule has 0 saturated carbocycles. The molecule has 2 aromatic carbocycles. The lowest BCUT2D eigenvalue weighted by atomic mass is 10.1. The maximum atomic E-state index is 11.6. The molecular weight excluding hydrogens is 332 g/mol. The Morgan fingerprint density at radius 2 is 1.96 bits per heavy atom. The van der Waals surface area contributed by atoms with E-state index >= 15 is 0 Å². The second kappa shape index (κ2) is 6.32. The number of aromatic nitrogens is 4. The van der Waals surface area contributed by atoms with Gasteiger partial charge in [-0.25, -0.2) is 9.89 Å². The van der Waals surface area contributed by atoms with Crippen molar-refractivity contribution in [1.82, 2.24) is 19.7 Å². The van der Waals surface area contributed by atoms with Crippen molar-refractivity contribution in [3.8, 4) is 0 Å². The Balaban J connectivity index is 1.70. The van der Waals surface area contributed by atoms with Crippen LogP contribution < -0.4 is 16.7 Å². The van der Waals surface area contributed by atoms with E-state index in [9.17, 15) is 9.59 Å². The van der Waals surface area contributed by atoms with Gasteiger partial charge >= 0.3 is 5.69 Å². The summed E-state index contributed by atoms with van der Waals surface area (Å²) in [5.41, 5.74) is 4.47. The maximum Gasteiger partial charge on any atom is 0.342 e. The first-order valence-electron chi connectivity index (χ1n) is 8.16.